The molecule has 0 bridgehead atoms. The van der Waals surface area contributed by atoms with Crippen molar-refractivity contribution in [1.29, 1.82) is 0 Å². The average Bonchev–Trinajstić information content (AvgIpc) is 2.13. The first-order valence-electron chi connectivity index (χ1n) is 4.81. The van der Waals surface area contributed by atoms with E-state index in [0.29, 0.717) is 0 Å². The molecule has 92 valence electrons. The molecule has 16 heavy (non-hydrogen) atoms. The number of rotatable bonds is 3. The maximum Gasteiger partial charge on any atom is 0.126 e. The first kappa shape index (κ1) is 15.3. The van der Waals surface area contributed by atoms with Gasteiger partial charge in [0.25, 0.3) is 0 Å². The number of hydrogen-bond acceptors (Lipinski definition) is 2. The van der Waals surface area contributed by atoms with Crippen LogP contribution < -0.4 is 5.73 Å². The average molecular weight is 252 g/mol. The highest BCUT2D eigenvalue weighted by atomic mass is 35.5. The SMILES string of the molecule is CC(C)[C@H](O)[C@H](N)c1cc(F)cc(F)c1.Cl. The van der Waals surface area contributed by atoms with E-state index < -0.39 is 23.8 Å². The third kappa shape index (κ3) is 3.70. The maximum absolute atomic E-state index is 12.9. The van der Waals surface area contributed by atoms with E-state index in [1.54, 1.807) is 13.8 Å². The number of aliphatic hydroxyl groups is 1. The Balaban J connectivity index is 0.00000225. The Morgan fingerprint density at radius 2 is 1.56 bits per heavy atom. The lowest BCUT2D eigenvalue weighted by molar-refractivity contribution is 0.0977. The Morgan fingerprint density at radius 3 is 1.94 bits per heavy atom. The van der Waals surface area contributed by atoms with Crippen LogP contribution >= 0.6 is 12.4 Å². The fourth-order valence-electron chi connectivity index (χ4n) is 1.38. The van der Waals surface area contributed by atoms with Gasteiger partial charge in [-0.05, 0) is 23.6 Å². The van der Waals surface area contributed by atoms with Crippen molar-refractivity contribution >= 4 is 12.4 Å². The molecule has 0 aliphatic rings. The zero-order valence-electron chi connectivity index (χ0n) is 9.15. The molecule has 5 heteroatoms. The van der Waals surface area contributed by atoms with Gasteiger partial charge in [-0.25, -0.2) is 8.78 Å². The van der Waals surface area contributed by atoms with Crippen LogP contribution in [0.25, 0.3) is 0 Å². The Morgan fingerprint density at radius 1 is 1.12 bits per heavy atom. The summed E-state index contributed by atoms with van der Waals surface area (Å²) in [6, 6.07) is 2.28. The zero-order valence-corrected chi connectivity index (χ0v) is 9.97. The van der Waals surface area contributed by atoms with E-state index in [2.05, 4.69) is 0 Å². The van der Waals surface area contributed by atoms with E-state index in [1.807, 2.05) is 0 Å². The molecule has 0 unspecified atom stereocenters. The van der Waals surface area contributed by atoms with Crippen LogP contribution in [0.5, 0.6) is 0 Å². The van der Waals surface area contributed by atoms with Crippen molar-refractivity contribution in [2.75, 3.05) is 0 Å². The number of nitrogens with two attached hydrogens (primary N) is 1. The Bertz CT molecular complexity index is 327. The van der Waals surface area contributed by atoms with Gasteiger partial charge in [-0.3, -0.25) is 0 Å². The molecule has 0 aliphatic heterocycles. The van der Waals surface area contributed by atoms with Gasteiger partial charge in [0.15, 0.2) is 0 Å². The van der Waals surface area contributed by atoms with Crippen molar-refractivity contribution in [2.24, 2.45) is 11.7 Å². The quantitative estimate of drug-likeness (QED) is 0.867. The lowest BCUT2D eigenvalue weighted by Crippen LogP contribution is -2.30. The monoisotopic (exact) mass is 251 g/mol. The molecule has 0 heterocycles. The largest absolute Gasteiger partial charge is 0.391 e. The standard InChI is InChI=1S/C11H15F2NO.ClH/c1-6(2)11(15)10(14)7-3-8(12)5-9(13)4-7;/h3-6,10-11,15H,14H2,1-2H3;1H/t10-,11+;/m1./s1. The fourth-order valence-corrected chi connectivity index (χ4v) is 1.38. The molecular formula is C11H16ClF2NO. The van der Waals surface area contributed by atoms with E-state index in [0.717, 1.165) is 18.2 Å². The molecule has 0 fully saturated rings. The van der Waals surface area contributed by atoms with E-state index in [-0.39, 0.29) is 23.9 Å². The molecule has 0 spiro atoms. The summed E-state index contributed by atoms with van der Waals surface area (Å²) in [7, 11) is 0. The molecule has 0 aromatic heterocycles. The van der Waals surface area contributed by atoms with Crippen molar-refractivity contribution in [3.8, 4) is 0 Å². The van der Waals surface area contributed by atoms with Crippen LogP contribution in [0.15, 0.2) is 18.2 Å². The summed E-state index contributed by atoms with van der Waals surface area (Å²) >= 11 is 0. The zero-order chi connectivity index (χ0) is 11.6. The minimum Gasteiger partial charge on any atom is -0.391 e. The lowest BCUT2D eigenvalue weighted by Gasteiger charge is -2.22. The molecule has 0 saturated carbocycles. The summed E-state index contributed by atoms with van der Waals surface area (Å²) in [6.07, 6.45) is -0.814. The lowest BCUT2D eigenvalue weighted by atomic mass is 9.94. The minimum absolute atomic E-state index is 0. The van der Waals surface area contributed by atoms with Gasteiger partial charge in [-0.15, -0.1) is 12.4 Å². The van der Waals surface area contributed by atoms with Crippen molar-refractivity contribution in [1.82, 2.24) is 0 Å². The Labute approximate surface area is 99.9 Å². The van der Waals surface area contributed by atoms with Gasteiger partial charge < -0.3 is 10.8 Å². The van der Waals surface area contributed by atoms with Crippen molar-refractivity contribution < 1.29 is 13.9 Å². The highest BCUT2D eigenvalue weighted by Crippen LogP contribution is 2.21. The van der Waals surface area contributed by atoms with E-state index >= 15 is 0 Å². The van der Waals surface area contributed by atoms with E-state index in [1.165, 1.54) is 0 Å². The molecule has 0 amide bonds. The van der Waals surface area contributed by atoms with Crippen molar-refractivity contribution in [3.63, 3.8) is 0 Å². The Hall–Kier alpha value is -0.710. The predicted octanol–water partition coefficient (Wildman–Crippen LogP) is 2.40. The van der Waals surface area contributed by atoms with Crippen LogP contribution in [0, 0.1) is 17.6 Å². The topological polar surface area (TPSA) is 46.2 Å². The fraction of sp³-hybridized carbons (Fsp3) is 0.455. The number of aliphatic hydroxyl groups excluding tert-OH is 1. The number of hydrogen-bond donors (Lipinski definition) is 2. The van der Waals surface area contributed by atoms with Gasteiger partial charge in [-0.1, -0.05) is 13.8 Å². The third-order valence-corrected chi connectivity index (χ3v) is 2.32. The first-order valence-corrected chi connectivity index (χ1v) is 4.81. The normalized spacial score (nSPS) is 14.4. The van der Waals surface area contributed by atoms with Crippen molar-refractivity contribution in [2.45, 2.75) is 26.0 Å². The predicted molar refractivity (Wildman–Crippen MR) is 61.4 cm³/mol. The molecule has 0 radical (unpaired) electrons. The first-order chi connectivity index (χ1) is 6.91. The summed E-state index contributed by atoms with van der Waals surface area (Å²) in [5.41, 5.74) is 5.97. The van der Waals surface area contributed by atoms with Crippen LogP contribution in [0.2, 0.25) is 0 Å². The van der Waals surface area contributed by atoms with Gasteiger partial charge in [-0.2, -0.15) is 0 Å². The Kier molecular flexibility index (Phi) is 5.86. The summed E-state index contributed by atoms with van der Waals surface area (Å²) in [5, 5.41) is 9.66. The van der Waals surface area contributed by atoms with Crippen molar-refractivity contribution in [3.05, 3.63) is 35.4 Å². The highest BCUT2D eigenvalue weighted by molar-refractivity contribution is 5.85. The van der Waals surface area contributed by atoms with Gasteiger partial charge in [0.05, 0.1) is 12.1 Å². The minimum atomic E-state index is -0.814. The van der Waals surface area contributed by atoms with Crippen LogP contribution in [-0.2, 0) is 0 Å². The summed E-state index contributed by atoms with van der Waals surface area (Å²) < 4.78 is 25.8. The van der Waals surface area contributed by atoms with Crippen LogP contribution in [0.1, 0.15) is 25.5 Å². The van der Waals surface area contributed by atoms with Gasteiger partial charge in [0.1, 0.15) is 11.6 Å². The molecule has 2 nitrogen and oxygen atoms in total. The molecule has 2 atom stereocenters. The van der Waals surface area contributed by atoms with E-state index in [4.69, 9.17) is 5.73 Å². The maximum atomic E-state index is 12.9. The second kappa shape index (κ2) is 6.13. The highest BCUT2D eigenvalue weighted by Gasteiger charge is 2.20. The second-order valence-corrected chi connectivity index (χ2v) is 3.96. The molecule has 0 aliphatic carbocycles. The van der Waals surface area contributed by atoms with Gasteiger partial charge >= 0.3 is 0 Å². The molecule has 1 aromatic carbocycles. The molecule has 1 aromatic rings. The van der Waals surface area contributed by atoms with Crippen LogP contribution in [0.4, 0.5) is 8.78 Å². The van der Waals surface area contributed by atoms with Crippen LogP contribution in [0.3, 0.4) is 0 Å². The van der Waals surface area contributed by atoms with Gasteiger partial charge in [0, 0.05) is 6.07 Å². The summed E-state index contributed by atoms with van der Waals surface area (Å²) in [5.74, 6) is -1.43. The molecule has 1 rings (SSSR count). The second-order valence-electron chi connectivity index (χ2n) is 3.96. The smallest absolute Gasteiger partial charge is 0.126 e. The third-order valence-electron chi connectivity index (χ3n) is 2.32. The van der Waals surface area contributed by atoms with E-state index in [9.17, 15) is 13.9 Å². The van der Waals surface area contributed by atoms with Crippen LogP contribution in [-0.4, -0.2) is 11.2 Å². The number of halogens is 3. The molecule has 3 N–H and O–H groups in total. The van der Waals surface area contributed by atoms with Gasteiger partial charge in [0.2, 0.25) is 0 Å². The summed E-state index contributed by atoms with van der Waals surface area (Å²) in [6.45, 7) is 3.58. The molecular weight excluding hydrogens is 236 g/mol. The molecule has 0 saturated heterocycles. The number of benzene rings is 1. The summed E-state index contributed by atoms with van der Waals surface area (Å²) in [4.78, 5) is 0.